The van der Waals surface area contributed by atoms with E-state index in [1.165, 1.54) is 5.56 Å². The number of rotatable bonds is 4. The summed E-state index contributed by atoms with van der Waals surface area (Å²) in [5.74, 6) is 1.84. The lowest BCUT2D eigenvalue weighted by Gasteiger charge is -2.35. The quantitative estimate of drug-likeness (QED) is 0.800. The van der Waals surface area contributed by atoms with Crippen LogP contribution >= 0.6 is 0 Å². The van der Waals surface area contributed by atoms with E-state index in [1.807, 2.05) is 30.6 Å². The number of fused-ring (bicyclic) bond motifs is 1. The van der Waals surface area contributed by atoms with Gasteiger partial charge in [0.05, 0.1) is 13.7 Å². The third-order valence-electron chi connectivity index (χ3n) is 4.58. The summed E-state index contributed by atoms with van der Waals surface area (Å²) in [5, 5.41) is 4.56. The number of methoxy groups -OCH3 is 1. The zero-order valence-corrected chi connectivity index (χ0v) is 13.7. The Hall–Kier alpha value is -2.37. The fourth-order valence-electron chi connectivity index (χ4n) is 3.33. The molecule has 1 unspecified atom stereocenters. The van der Waals surface area contributed by atoms with Crippen LogP contribution < -0.4 is 10.1 Å². The standard InChI is InChI=1S/C19H21N3O2/c1-23-16-2-3-19-15(10-16)11-17(24-19)13-22-9-8-21-12-18(22)14-4-6-20-7-5-14/h2-7,10-11,18,21H,8-9,12-13H2,1H3. The third-order valence-corrected chi connectivity index (χ3v) is 4.58. The molecule has 124 valence electrons. The maximum atomic E-state index is 6.02. The number of nitrogens with zero attached hydrogens (tertiary/aromatic N) is 2. The maximum absolute atomic E-state index is 6.02. The molecule has 0 bridgehead atoms. The minimum atomic E-state index is 0.337. The highest BCUT2D eigenvalue weighted by atomic mass is 16.5. The Bertz CT molecular complexity index is 816. The minimum Gasteiger partial charge on any atom is -0.497 e. The van der Waals surface area contributed by atoms with Crippen molar-refractivity contribution >= 4 is 11.0 Å². The SMILES string of the molecule is COc1ccc2oc(CN3CCNCC3c3ccncc3)cc2c1. The van der Waals surface area contributed by atoms with E-state index in [0.717, 1.165) is 48.7 Å². The molecule has 0 radical (unpaired) electrons. The number of furan rings is 1. The number of piperazine rings is 1. The highest BCUT2D eigenvalue weighted by Gasteiger charge is 2.24. The van der Waals surface area contributed by atoms with E-state index in [2.05, 4.69) is 33.4 Å². The van der Waals surface area contributed by atoms with Gasteiger partial charge >= 0.3 is 0 Å². The van der Waals surface area contributed by atoms with Crippen molar-refractivity contribution in [2.45, 2.75) is 12.6 Å². The van der Waals surface area contributed by atoms with Crippen LogP contribution in [-0.4, -0.2) is 36.6 Å². The molecule has 1 fully saturated rings. The first-order valence-corrected chi connectivity index (χ1v) is 8.24. The first-order chi connectivity index (χ1) is 11.8. The van der Waals surface area contributed by atoms with Gasteiger partial charge in [-0.1, -0.05) is 0 Å². The van der Waals surface area contributed by atoms with Crippen molar-refractivity contribution < 1.29 is 9.15 Å². The monoisotopic (exact) mass is 323 g/mol. The Morgan fingerprint density at radius 1 is 1.25 bits per heavy atom. The lowest BCUT2D eigenvalue weighted by Crippen LogP contribution is -2.45. The van der Waals surface area contributed by atoms with Crippen LogP contribution in [0, 0.1) is 0 Å². The molecule has 5 heteroatoms. The molecule has 5 nitrogen and oxygen atoms in total. The summed E-state index contributed by atoms with van der Waals surface area (Å²) >= 11 is 0. The zero-order chi connectivity index (χ0) is 16.4. The van der Waals surface area contributed by atoms with E-state index in [9.17, 15) is 0 Å². The van der Waals surface area contributed by atoms with Gasteiger partial charge in [0.2, 0.25) is 0 Å². The van der Waals surface area contributed by atoms with Gasteiger partial charge in [0.25, 0.3) is 0 Å². The number of hydrogen-bond acceptors (Lipinski definition) is 5. The highest BCUT2D eigenvalue weighted by molar-refractivity contribution is 5.79. The summed E-state index contributed by atoms with van der Waals surface area (Å²) in [6.45, 7) is 3.73. The van der Waals surface area contributed by atoms with Crippen LogP contribution in [0.5, 0.6) is 5.75 Å². The predicted octanol–water partition coefficient (Wildman–Crippen LogP) is 2.98. The molecule has 4 rings (SSSR count). The van der Waals surface area contributed by atoms with Crippen molar-refractivity contribution in [1.82, 2.24) is 15.2 Å². The molecule has 0 aliphatic carbocycles. The normalized spacial score (nSPS) is 18.8. The molecule has 1 aliphatic heterocycles. The van der Waals surface area contributed by atoms with Crippen molar-refractivity contribution in [3.8, 4) is 5.75 Å². The molecule has 3 heterocycles. The summed E-state index contributed by atoms with van der Waals surface area (Å²) in [5.41, 5.74) is 2.19. The van der Waals surface area contributed by atoms with E-state index in [4.69, 9.17) is 9.15 Å². The number of hydrogen-bond donors (Lipinski definition) is 1. The van der Waals surface area contributed by atoms with E-state index in [0.29, 0.717) is 6.04 Å². The lowest BCUT2D eigenvalue weighted by atomic mass is 10.0. The molecule has 1 saturated heterocycles. The molecular weight excluding hydrogens is 302 g/mol. The number of ether oxygens (including phenoxy) is 1. The first-order valence-electron chi connectivity index (χ1n) is 8.24. The largest absolute Gasteiger partial charge is 0.497 e. The van der Waals surface area contributed by atoms with Gasteiger partial charge in [0.1, 0.15) is 17.1 Å². The second-order valence-electron chi connectivity index (χ2n) is 6.09. The van der Waals surface area contributed by atoms with Crippen molar-refractivity contribution in [1.29, 1.82) is 0 Å². The fourth-order valence-corrected chi connectivity index (χ4v) is 3.33. The molecule has 2 aromatic heterocycles. The first kappa shape index (κ1) is 15.2. The summed E-state index contributed by atoms with van der Waals surface area (Å²) in [4.78, 5) is 6.58. The van der Waals surface area contributed by atoms with Crippen molar-refractivity contribution in [3.63, 3.8) is 0 Å². The number of aromatic nitrogens is 1. The molecule has 1 N–H and O–H groups in total. The van der Waals surface area contributed by atoms with E-state index >= 15 is 0 Å². The van der Waals surface area contributed by atoms with Crippen LogP contribution in [0.25, 0.3) is 11.0 Å². The topological polar surface area (TPSA) is 50.5 Å². The Morgan fingerprint density at radius 3 is 2.96 bits per heavy atom. The Kier molecular flexibility index (Phi) is 4.19. The fraction of sp³-hybridized carbons (Fsp3) is 0.316. The number of nitrogens with one attached hydrogen (secondary N) is 1. The lowest BCUT2D eigenvalue weighted by molar-refractivity contribution is 0.144. The summed E-state index contributed by atoms with van der Waals surface area (Å²) in [6, 6.07) is 12.5. The van der Waals surface area contributed by atoms with Crippen LogP contribution in [0.2, 0.25) is 0 Å². The number of pyridine rings is 1. The molecule has 3 aromatic rings. The van der Waals surface area contributed by atoms with Crippen molar-refractivity contribution in [2.24, 2.45) is 0 Å². The van der Waals surface area contributed by atoms with Gasteiger partial charge in [-0.15, -0.1) is 0 Å². The molecule has 1 atom stereocenters. The van der Waals surface area contributed by atoms with Gasteiger partial charge in [0, 0.05) is 43.5 Å². The van der Waals surface area contributed by atoms with Crippen molar-refractivity contribution in [2.75, 3.05) is 26.7 Å². The Morgan fingerprint density at radius 2 is 2.12 bits per heavy atom. The molecular formula is C19H21N3O2. The maximum Gasteiger partial charge on any atom is 0.134 e. The predicted molar refractivity (Wildman–Crippen MR) is 93.0 cm³/mol. The number of benzene rings is 1. The second kappa shape index (κ2) is 6.63. The van der Waals surface area contributed by atoms with Gasteiger partial charge in [-0.25, -0.2) is 0 Å². The molecule has 0 spiro atoms. The van der Waals surface area contributed by atoms with E-state index in [1.54, 1.807) is 7.11 Å². The van der Waals surface area contributed by atoms with E-state index < -0.39 is 0 Å². The average molecular weight is 323 g/mol. The minimum absolute atomic E-state index is 0.337. The second-order valence-corrected chi connectivity index (χ2v) is 6.09. The van der Waals surface area contributed by atoms with Gasteiger partial charge in [0.15, 0.2) is 0 Å². The molecule has 24 heavy (non-hydrogen) atoms. The van der Waals surface area contributed by atoms with Gasteiger partial charge in [-0.2, -0.15) is 0 Å². The smallest absolute Gasteiger partial charge is 0.134 e. The molecule has 0 amide bonds. The van der Waals surface area contributed by atoms with E-state index in [-0.39, 0.29) is 0 Å². The van der Waals surface area contributed by atoms with Crippen LogP contribution in [0.3, 0.4) is 0 Å². The van der Waals surface area contributed by atoms with Crippen molar-refractivity contribution in [3.05, 3.63) is 60.1 Å². The summed E-state index contributed by atoms with van der Waals surface area (Å²) in [6.07, 6.45) is 3.71. The van der Waals surface area contributed by atoms with Crippen LogP contribution in [0.1, 0.15) is 17.4 Å². The zero-order valence-electron chi connectivity index (χ0n) is 13.7. The molecule has 0 saturated carbocycles. The third kappa shape index (κ3) is 3.00. The molecule has 1 aromatic carbocycles. The van der Waals surface area contributed by atoms with Crippen LogP contribution in [0.15, 0.2) is 53.2 Å². The average Bonchev–Trinajstić information content (AvgIpc) is 3.04. The Labute approximate surface area is 141 Å². The van der Waals surface area contributed by atoms with Gasteiger partial charge in [-0.3, -0.25) is 9.88 Å². The highest BCUT2D eigenvalue weighted by Crippen LogP contribution is 2.28. The van der Waals surface area contributed by atoms with Gasteiger partial charge < -0.3 is 14.5 Å². The van der Waals surface area contributed by atoms with Crippen LogP contribution in [-0.2, 0) is 6.54 Å². The summed E-state index contributed by atoms with van der Waals surface area (Å²) in [7, 11) is 1.68. The van der Waals surface area contributed by atoms with Crippen LogP contribution in [0.4, 0.5) is 0 Å². The summed E-state index contributed by atoms with van der Waals surface area (Å²) < 4.78 is 11.3. The molecule has 1 aliphatic rings. The Balaban J connectivity index is 1.58. The van der Waals surface area contributed by atoms with Gasteiger partial charge in [-0.05, 0) is 42.0 Å².